The van der Waals surface area contributed by atoms with Crippen LogP contribution in [0.1, 0.15) is 22.5 Å². The fourth-order valence-electron chi connectivity index (χ4n) is 2.68. The molecule has 2 heterocycles. The van der Waals surface area contributed by atoms with E-state index in [0.29, 0.717) is 24.5 Å². The van der Waals surface area contributed by atoms with E-state index in [2.05, 4.69) is 4.98 Å². The Bertz CT molecular complexity index is 685. The summed E-state index contributed by atoms with van der Waals surface area (Å²) < 4.78 is 11.0. The van der Waals surface area contributed by atoms with Gasteiger partial charge in [-0.15, -0.1) is 0 Å². The summed E-state index contributed by atoms with van der Waals surface area (Å²) in [4.78, 5) is 18.7. The van der Waals surface area contributed by atoms with E-state index >= 15 is 0 Å². The first-order valence-corrected chi connectivity index (χ1v) is 7.69. The van der Waals surface area contributed by atoms with E-state index in [1.54, 1.807) is 31.4 Å². The molecule has 1 amide bonds. The summed E-state index contributed by atoms with van der Waals surface area (Å²) in [7, 11) is 1.61. The molecule has 0 N–H and O–H groups in total. The SMILES string of the molecule is COc1ccc(C(=O)N2CCC(Oc3cccc(C)n3)C2)cc1. The molecule has 0 spiro atoms. The van der Waals surface area contributed by atoms with Crippen LogP contribution in [-0.2, 0) is 0 Å². The molecule has 0 bridgehead atoms. The maximum Gasteiger partial charge on any atom is 0.253 e. The third-order valence-corrected chi connectivity index (χ3v) is 3.92. The Morgan fingerprint density at radius 1 is 1.22 bits per heavy atom. The smallest absolute Gasteiger partial charge is 0.253 e. The van der Waals surface area contributed by atoms with Gasteiger partial charge in [-0.3, -0.25) is 4.79 Å². The minimum Gasteiger partial charge on any atom is -0.497 e. The molecule has 2 aromatic rings. The summed E-state index contributed by atoms with van der Waals surface area (Å²) >= 11 is 0. The molecule has 3 rings (SSSR count). The number of amides is 1. The molecule has 1 fully saturated rings. The summed E-state index contributed by atoms with van der Waals surface area (Å²) in [6.45, 7) is 3.21. The number of nitrogens with zero attached hydrogens (tertiary/aromatic N) is 2. The highest BCUT2D eigenvalue weighted by Crippen LogP contribution is 2.20. The van der Waals surface area contributed by atoms with Crippen molar-refractivity contribution in [2.75, 3.05) is 20.2 Å². The Morgan fingerprint density at radius 2 is 2.00 bits per heavy atom. The van der Waals surface area contributed by atoms with Gasteiger partial charge in [-0.2, -0.15) is 0 Å². The van der Waals surface area contributed by atoms with Crippen LogP contribution in [0.2, 0.25) is 0 Å². The van der Waals surface area contributed by atoms with Crippen molar-refractivity contribution in [1.82, 2.24) is 9.88 Å². The molecule has 1 saturated heterocycles. The van der Waals surface area contributed by atoms with Crippen LogP contribution in [0.3, 0.4) is 0 Å². The number of ether oxygens (including phenoxy) is 2. The minimum atomic E-state index is -0.00787. The number of pyridine rings is 1. The third-order valence-electron chi connectivity index (χ3n) is 3.92. The fraction of sp³-hybridized carbons (Fsp3) is 0.333. The van der Waals surface area contributed by atoms with E-state index in [0.717, 1.165) is 17.9 Å². The molecule has 120 valence electrons. The quantitative estimate of drug-likeness (QED) is 0.871. The van der Waals surface area contributed by atoms with Crippen LogP contribution in [0.25, 0.3) is 0 Å². The van der Waals surface area contributed by atoms with Gasteiger partial charge in [0.25, 0.3) is 5.91 Å². The van der Waals surface area contributed by atoms with E-state index in [4.69, 9.17) is 9.47 Å². The highest BCUT2D eigenvalue weighted by molar-refractivity contribution is 5.94. The Morgan fingerprint density at radius 3 is 2.70 bits per heavy atom. The third kappa shape index (κ3) is 3.62. The number of hydrogen-bond donors (Lipinski definition) is 0. The normalized spacial score (nSPS) is 17.1. The molecule has 1 unspecified atom stereocenters. The van der Waals surface area contributed by atoms with Crippen molar-refractivity contribution in [2.24, 2.45) is 0 Å². The van der Waals surface area contributed by atoms with E-state index in [1.165, 1.54) is 0 Å². The van der Waals surface area contributed by atoms with Crippen molar-refractivity contribution in [3.05, 3.63) is 53.7 Å². The number of methoxy groups -OCH3 is 1. The largest absolute Gasteiger partial charge is 0.497 e. The van der Waals surface area contributed by atoms with Crippen LogP contribution in [0.5, 0.6) is 11.6 Å². The van der Waals surface area contributed by atoms with Gasteiger partial charge in [-0.1, -0.05) is 6.07 Å². The molecular weight excluding hydrogens is 292 g/mol. The van der Waals surface area contributed by atoms with Crippen LogP contribution in [0.4, 0.5) is 0 Å². The summed E-state index contributed by atoms with van der Waals surface area (Å²) in [5, 5.41) is 0. The van der Waals surface area contributed by atoms with Gasteiger partial charge in [-0.25, -0.2) is 4.98 Å². The van der Waals surface area contributed by atoms with E-state index in [-0.39, 0.29) is 12.0 Å². The van der Waals surface area contributed by atoms with Gasteiger partial charge >= 0.3 is 0 Å². The van der Waals surface area contributed by atoms with Crippen LogP contribution in [0.15, 0.2) is 42.5 Å². The van der Waals surface area contributed by atoms with Gasteiger partial charge in [0.2, 0.25) is 5.88 Å². The molecule has 0 saturated carbocycles. The van der Waals surface area contributed by atoms with E-state index in [9.17, 15) is 4.79 Å². The van der Waals surface area contributed by atoms with E-state index < -0.39 is 0 Å². The number of carbonyl (C=O) groups excluding carboxylic acids is 1. The van der Waals surface area contributed by atoms with Crippen molar-refractivity contribution >= 4 is 5.91 Å². The molecule has 1 aliphatic rings. The highest BCUT2D eigenvalue weighted by atomic mass is 16.5. The van der Waals surface area contributed by atoms with Gasteiger partial charge in [0.05, 0.1) is 13.7 Å². The van der Waals surface area contributed by atoms with Gasteiger partial charge in [0.1, 0.15) is 11.9 Å². The Kier molecular flexibility index (Phi) is 4.46. The lowest BCUT2D eigenvalue weighted by Crippen LogP contribution is -2.31. The molecule has 1 aromatic carbocycles. The molecule has 0 aliphatic carbocycles. The molecule has 1 atom stereocenters. The summed E-state index contributed by atoms with van der Waals surface area (Å²) in [6, 6.07) is 12.9. The van der Waals surface area contributed by atoms with Crippen molar-refractivity contribution in [1.29, 1.82) is 0 Å². The highest BCUT2D eigenvalue weighted by Gasteiger charge is 2.28. The molecule has 5 heteroatoms. The summed E-state index contributed by atoms with van der Waals surface area (Å²) in [6.07, 6.45) is 0.809. The maximum absolute atomic E-state index is 12.5. The van der Waals surface area contributed by atoms with Gasteiger partial charge in [0.15, 0.2) is 0 Å². The predicted molar refractivity (Wildman–Crippen MR) is 86.9 cm³/mol. The number of benzene rings is 1. The van der Waals surface area contributed by atoms with Crippen molar-refractivity contribution in [3.63, 3.8) is 0 Å². The summed E-state index contributed by atoms with van der Waals surface area (Å²) in [5.41, 5.74) is 1.59. The second-order valence-electron chi connectivity index (χ2n) is 5.63. The van der Waals surface area contributed by atoms with Crippen LogP contribution in [0, 0.1) is 6.92 Å². The molecule has 23 heavy (non-hydrogen) atoms. The number of aryl methyl sites for hydroxylation is 1. The first-order valence-electron chi connectivity index (χ1n) is 7.69. The number of likely N-dealkylation sites (tertiary alicyclic amines) is 1. The zero-order valence-corrected chi connectivity index (χ0v) is 13.4. The maximum atomic E-state index is 12.5. The van der Waals surface area contributed by atoms with Crippen LogP contribution < -0.4 is 9.47 Å². The first kappa shape index (κ1) is 15.3. The zero-order chi connectivity index (χ0) is 16.2. The summed E-state index contributed by atoms with van der Waals surface area (Å²) in [5.74, 6) is 1.39. The number of rotatable bonds is 4. The minimum absolute atomic E-state index is 0.00787. The van der Waals surface area contributed by atoms with Gasteiger partial charge in [0, 0.05) is 30.3 Å². The molecular formula is C18H20N2O3. The Labute approximate surface area is 135 Å². The molecule has 1 aliphatic heterocycles. The topological polar surface area (TPSA) is 51.7 Å². The van der Waals surface area contributed by atoms with Crippen molar-refractivity contribution in [2.45, 2.75) is 19.4 Å². The van der Waals surface area contributed by atoms with Crippen LogP contribution in [-0.4, -0.2) is 42.1 Å². The zero-order valence-electron chi connectivity index (χ0n) is 13.4. The lowest BCUT2D eigenvalue weighted by Gasteiger charge is -2.17. The second-order valence-corrected chi connectivity index (χ2v) is 5.63. The number of aromatic nitrogens is 1. The molecule has 0 radical (unpaired) electrons. The predicted octanol–water partition coefficient (Wildman–Crippen LogP) is 2.69. The monoisotopic (exact) mass is 312 g/mol. The van der Waals surface area contributed by atoms with Crippen LogP contribution >= 0.6 is 0 Å². The number of hydrogen-bond acceptors (Lipinski definition) is 4. The lowest BCUT2D eigenvalue weighted by atomic mass is 10.2. The molecule has 5 nitrogen and oxygen atoms in total. The van der Waals surface area contributed by atoms with Gasteiger partial charge < -0.3 is 14.4 Å². The lowest BCUT2D eigenvalue weighted by molar-refractivity contribution is 0.0771. The number of carbonyl (C=O) groups is 1. The van der Waals surface area contributed by atoms with Gasteiger partial charge in [-0.05, 0) is 37.3 Å². The standard InChI is InChI=1S/C18H20N2O3/c1-13-4-3-5-17(19-13)23-16-10-11-20(12-16)18(21)14-6-8-15(22-2)9-7-14/h3-9,16H,10-12H2,1-2H3. The van der Waals surface area contributed by atoms with Crippen molar-refractivity contribution < 1.29 is 14.3 Å². The fourth-order valence-corrected chi connectivity index (χ4v) is 2.68. The Hall–Kier alpha value is -2.56. The van der Waals surface area contributed by atoms with E-state index in [1.807, 2.05) is 30.0 Å². The first-order chi connectivity index (χ1) is 11.2. The van der Waals surface area contributed by atoms with Crippen molar-refractivity contribution in [3.8, 4) is 11.6 Å². The molecule has 1 aromatic heterocycles. The second kappa shape index (κ2) is 6.69. The average Bonchev–Trinajstić information content (AvgIpc) is 3.03. The average molecular weight is 312 g/mol. The Balaban J connectivity index is 1.61.